The Morgan fingerprint density at radius 2 is 0.615 bits per heavy atom. The molecule has 7 aromatic rings. The molecule has 0 radical (unpaired) electrons. The summed E-state index contributed by atoms with van der Waals surface area (Å²) < 4.78 is 356. The van der Waals surface area contributed by atoms with Crippen LogP contribution in [-0.2, 0) is 56.0 Å². The van der Waals surface area contributed by atoms with Crippen LogP contribution in [0.2, 0.25) is 0 Å². The van der Waals surface area contributed by atoms with Gasteiger partial charge >= 0.3 is 49.4 Å². The van der Waals surface area contributed by atoms with E-state index in [1.807, 2.05) is 65.2 Å². The number of pyridine rings is 1. The lowest BCUT2D eigenvalue weighted by atomic mass is 9.12. The predicted octanol–water partition coefficient (Wildman–Crippen LogP) is 14.5. The van der Waals surface area contributed by atoms with Crippen molar-refractivity contribution in [1.29, 1.82) is 0 Å². The van der Waals surface area contributed by atoms with Gasteiger partial charge in [-0.25, -0.2) is 4.39 Å². The van der Waals surface area contributed by atoms with Crippen molar-refractivity contribution in [3.63, 3.8) is 0 Å². The minimum atomic E-state index is -6.13. The number of nitrogens with zero attached hydrogens (tertiary/aromatic N) is 1. The largest absolute Gasteiger partial charge is 0.416 e. The minimum absolute atomic E-state index is 0.403. The summed E-state index contributed by atoms with van der Waals surface area (Å²) in [6.45, 7) is -0.434. The van der Waals surface area contributed by atoms with E-state index in [1.54, 1.807) is 6.07 Å². The van der Waals surface area contributed by atoms with Crippen molar-refractivity contribution in [3.05, 3.63) is 195 Å². The molecule has 6 aromatic carbocycles. The summed E-state index contributed by atoms with van der Waals surface area (Å²) in [5, 5.41) is 1.03. The molecule has 0 unspecified atom stereocenters. The lowest BCUT2D eigenvalue weighted by Gasteiger charge is -2.46. The van der Waals surface area contributed by atoms with Crippen molar-refractivity contribution < 1.29 is 119 Å². The Kier molecular flexibility index (Phi) is 16.0. The molecule has 7 rings (SSSR count). The first kappa shape index (κ1) is 60.0. The zero-order chi connectivity index (χ0) is 58.6. The Morgan fingerprint density at radius 3 is 0.885 bits per heavy atom. The number of rotatable bonds is 8. The van der Waals surface area contributed by atoms with E-state index in [2.05, 4.69) is 0 Å². The lowest BCUT2D eigenvalue weighted by molar-refractivity contribution is -0.664. The molecule has 2 nitrogen and oxygen atoms in total. The van der Waals surface area contributed by atoms with E-state index in [4.69, 9.17) is 0 Å². The fourth-order valence-electron chi connectivity index (χ4n) is 8.58. The smallest absolute Gasteiger partial charge is 0.284 e. The zero-order valence-corrected chi connectivity index (χ0v) is 38.1. The Morgan fingerprint density at radius 1 is 0.346 bits per heavy atom. The van der Waals surface area contributed by atoms with Gasteiger partial charge in [-0.15, -0.1) is 0 Å². The van der Waals surface area contributed by atoms with Crippen molar-refractivity contribution in [2.75, 3.05) is 6.67 Å². The average Bonchev–Trinajstić information content (AvgIpc) is 3.32. The number of carbonyl (C=O) groups is 1. The Balaban J connectivity index is 0.000000387. The summed E-state index contributed by atoms with van der Waals surface area (Å²) in [7, 11) is 0. The number of para-hydroxylation sites is 1. The van der Waals surface area contributed by atoms with Crippen LogP contribution in [0.5, 0.6) is 0 Å². The van der Waals surface area contributed by atoms with Gasteiger partial charge in [-0.05, 0) is 36.4 Å². The molecule has 0 atom stereocenters. The maximum atomic E-state index is 14.2. The van der Waals surface area contributed by atoms with E-state index >= 15 is 0 Å². The van der Waals surface area contributed by atoms with Crippen LogP contribution >= 0.6 is 0 Å². The Hall–Kier alpha value is -7.29. The quantitative estimate of drug-likeness (QED) is 0.0643. The molecule has 78 heavy (non-hydrogen) atoms. The summed E-state index contributed by atoms with van der Waals surface area (Å²) >= 11 is 0. The van der Waals surface area contributed by atoms with Crippen LogP contribution in [-0.4, -0.2) is 18.6 Å². The van der Waals surface area contributed by atoms with E-state index in [0.717, 1.165) is 16.5 Å². The van der Waals surface area contributed by atoms with Crippen LogP contribution in [0.3, 0.4) is 0 Å². The molecule has 0 aliphatic carbocycles. The number of halogens is 25. The number of carbonyl (C=O) groups excluding carboxylic acids is 1. The predicted molar refractivity (Wildman–Crippen MR) is 230 cm³/mol. The highest BCUT2D eigenvalue weighted by Gasteiger charge is 2.47. The van der Waals surface area contributed by atoms with Crippen molar-refractivity contribution in [3.8, 4) is 0 Å². The number of aromatic nitrogens is 1. The number of hydrogen-bond acceptors (Lipinski definition) is 1. The summed E-state index contributed by atoms with van der Waals surface area (Å²) in [4.78, 5) is 11.9. The van der Waals surface area contributed by atoms with Crippen molar-refractivity contribution in [2.24, 2.45) is 0 Å². The van der Waals surface area contributed by atoms with Crippen LogP contribution < -0.4 is 26.4 Å². The van der Waals surface area contributed by atoms with Gasteiger partial charge in [0.1, 0.15) is 6.15 Å². The zero-order valence-electron chi connectivity index (χ0n) is 38.1. The van der Waals surface area contributed by atoms with Gasteiger partial charge < -0.3 is 0 Å². The lowest BCUT2D eigenvalue weighted by Crippen LogP contribution is -2.75. The van der Waals surface area contributed by atoms with E-state index < -0.39 is 207 Å². The summed E-state index contributed by atoms with van der Waals surface area (Å²) in [5.74, 6) is -0.489. The minimum Gasteiger partial charge on any atom is -0.284 e. The van der Waals surface area contributed by atoms with Gasteiger partial charge in [0.15, 0.2) is 13.2 Å². The highest BCUT2D eigenvalue weighted by Crippen LogP contribution is 2.41. The van der Waals surface area contributed by atoms with E-state index in [-0.39, 0.29) is 0 Å². The molecule has 0 saturated heterocycles. The van der Waals surface area contributed by atoms with Crippen LogP contribution in [0.25, 0.3) is 10.9 Å². The van der Waals surface area contributed by atoms with Crippen LogP contribution in [0.1, 0.15) is 60.6 Å². The molecule has 1 heterocycles. The number of Topliss-reactive ketones (excluding diaryl/α,β-unsaturated/α-hetero) is 1. The van der Waals surface area contributed by atoms with Gasteiger partial charge in [-0.2, -0.15) is 132 Å². The molecule has 0 bridgehead atoms. The standard InChI is InChI=1S/C32H12BF24.C18H15FNO/c34-25(35,36)13-1-14(26(37,38)39)6-21(5-13)33(22-7-15(27(40,41)42)2-16(8-22)28(43,44)45,23-9-17(29(46,47)48)3-18(10-23)30(49,50)51)24-11-19(31(52,53)54)4-20(12-24)32(55,56)57;19-12-18(21)17-11-10-15-8-4-5-9-16(15)20(17)13-14-6-2-1-3-7-14/h1-12H;1-11H,12-13H2/q-1;+1. The normalized spacial score (nSPS) is 13.3. The van der Waals surface area contributed by atoms with Gasteiger partial charge in [0.2, 0.25) is 5.52 Å². The Bertz CT molecular complexity index is 2890. The van der Waals surface area contributed by atoms with Gasteiger partial charge in [0.25, 0.3) is 11.5 Å². The summed E-state index contributed by atoms with van der Waals surface area (Å²) in [6, 6.07) is 12.4. The van der Waals surface area contributed by atoms with Gasteiger partial charge in [-0.3, -0.25) is 4.79 Å². The first-order valence-corrected chi connectivity index (χ1v) is 21.5. The second-order valence-electron chi connectivity index (χ2n) is 17.1. The second kappa shape index (κ2) is 20.8. The molecule has 0 aliphatic rings. The summed E-state index contributed by atoms with van der Waals surface area (Å²) in [5.41, 5.74) is -27.8. The van der Waals surface area contributed by atoms with E-state index in [9.17, 15) is 115 Å². The van der Waals surface area contributed by atoms with E-state index in [1.165, 1.54) is 0 Å². The topological polar surface area (TPSA) is 20.9 Å². The molecule has 0 saturated carbocycles. The molecular weight excluding hydrogens is 1120 g/mol. The molecule has 416 valence electrons. The third-order valence-electron chi connectivity index (χ3n) is 12.0. The number of ketones is 1. The first-order valence-electron chi connectivity index (χ1n) is 21.5. The van der Waals surface area contributed by atoms with Crippen molar-refractivity contribution in [1.82, 2.24) is 0 Å². The van der Waals surface area contributed by atoms with Gasteiger partial charge in [0, 0.05) is 23.1 Å². The molecule has 1 aromatic heterocycles. The molecule has 0 spiro atoms. The average molecular weight is 1140 g/mol. The maximum absolute atomic E-state index is 14.2. The Labute approximate surface area is 421 Å². The van der Waals surface area contributed by atoms with Crippen LogP contribution in [0, 0.1) is 0 Å². The van der Waals surface area contributed by atoms with Crippen LogP contribution in [0.4, 0.5) is 110 Å². The highest BCUT2D eigenvalue weighted by molar-refractivity contribution is 7.20. The number of alkyl halides is 25. The van der Waals surface area contributed by atoms with Gasteiger partial charge in [-0.1, -0.05) is 91.0 Å². The monoisotopic (exact) mass is 1140 g/mol. The molecule has 0 aliphatic heterocycles. The number of fused-ring (bicyclic) bond motifs is 1. The third-order valence-corrected chi connectivity index (χ3v) is 12.0. The first-order chi connectivity index (χ1) is 35.6. The number of benzene rings is 6. The number of hydrogen-bond donors (Lipinski definition) is 0. The summed E-state index contributed by atoms with van der Waals surface area (Å²) in [6.07, 6.45) is -54.8. The second-order valence-corrected chi connectivity index (χ2v) is 17.1. The fourth-order valence-corrected chi connectivity index (χ4v) is 8.58. The fraction of sp³-hybridized carbons (Fsp3) is 0.200. The van der Waals surface area contributed by atoms with E-state index in [0.29, 0.717) is 12.2 Å². The third kappa shape index (κ3) is 13.2. The molecule has 28 heteroatoms. The molecule has 0 N–H and O–H groups in total. The van der Waals surface area contributed by atoms with Crippen molar-refractivity contribution >= 4 is 44.7 Å². The SMILES string of the molecule is FC(F)(F)c1cc([B-](c2cc(C(F)(F)F)cc(C(F)(F)F)c2)(c2cc(C(F)(F)F)cc(C(F)(F)F)c2)c2cc(C(F)(F)F)cc(C(F)(F)F)c2)cc(C(F)(F)F)c1.O=C(CF)c1ccc2ccccc2[n+]1Cc1ccccc1. The van der Waals surface area contributed by atoms with Crippen LogP contribution in [0.15, 0.2) is 140 Å². The molecule has 0 amide bonds. The van der Waals surface area contributed by atoms with Gasteiger partial charge in [0.05, 0.1) is 44.5 Å². The maximum Gasteiger partial charge on any atom is 0.416 e. The molecule has 0 fully saturated rings. The van der Waals surface area contributed by atoms with Crippen molar-refractivity contribution in [2.45, 2.75) is 56.0 Å². The highest BCUT2D eigenvalue weighted by atomic mass is 19.4. The molecular formula is C50H27BF25NO.